The predicted molar refractivity (Wildman–Crippen MR) is 70.4 cm³/mol. The van der Waals surface area contributed by atoms with Gasteiger partial charge in [0.05, 0.1) is 0 Å². The molecule has 1 aliphatic heterocycles. The van der Waals surface area contributed by atoms with E-state index in [1.54, 1.807) is 0 Å². The number of nitrogens with one attached hydrogen (secondary N) is 1. The minimum Gasteiger partial charge on any atom is -0.316 e. The molecule has 0 aromatic heterocycles. The minimum atomic E-state index is 0.673. The lowest BCUT2D eigenvalue weighted by Gasteiger charge is -2.54. The van der Waals surface area contributed by atoms with E-state index in [1.807, 2.05) is 0 Å². The lowest BCUT2D eigenvalue weighted by atomic mass is 9.53. The van der Waals surface area contributed by atoms with E-state index in [2.05, 4.69) is 33.0 Å². The molecule has 0 aromatic rings. The Kier molecular flexibility index (Phi) is 3.63. The SMILES string of the molecule is CC1CCC2(CCNCC2C(C)C)C(C)C1. The van der Waals surface area contributed by atoms with Crippen LogP contribution in [0.2, 0.25) is 0 Å². The van der Waals surface area contributed by atoms with Gasteiger partial charge < -0.3 is 5.32 Å². The van der Waals surface area contributed by atoms with Gasteiger partial charge in [0.15, 0.2) is 0 Å². The first-order valence-electron chi connectivity index (χ1n) is 7.27. The number of hydrogen-bond acceptors (Lipinski definition) is 1. The molecule has 0 bridgehead atoms. The summed E-state index contributed by atoms with van der Waals surface area (Å²) in [6, 6.07) is 0. The Hall–Kier alpha value is -0.0400. The highest BCUT2D eigenvalue weighted by Crippen LogP contribution is 2.53. The summed E-state index contributed by atoms with van der Waals surface area (Å²) in [7, 11) is 0. The number of rotatable bonds is 1. The third-order valence-corrected chi connectivity index (χ3v) is 5.51. The highest BCUT2D eigenvalue weighted by molar-refractivity contribution is 4.98. The third kappa shape index (κ3) is 2.03. The maximum Gasteiger partial charge on any atom is -0.00126 e. The maximum absolute atomic E-state index is 3.62. The molecule has 94 valence electrons. The zero-order chi connectivity index (χ0) is 11.8. The fraction of sp³-hybridized carbons (Fsp3) is 1.00. The van der Waals surface area contributed by atoms with E-state index in [-0.39, 0.29) is 0 Å². The molecule has 1 heterocycles. The van der Waals surface area contributed by atoms with Gasteiger partial charge in [0.2, 0.25) is 0 Å². The molecule has 2 rings (SSSR count). The average Bonchev–Trinajstić information content (AvgIpc) is 2.24. The number of hydrogen-bond donors (Lipinski definition) is 1. The van der Waals surface area contributed by atoms with E-state index in [9.17, 15) is 0 Å². The summed E-state index contributed by atoms with van der Waals surface area (Å²) in [6.07, 6.45) is 5.83. The first-order valence-corrected chi connectivity index (χ1v) is 7.27. The topological polar surface area (TPSA) is 12.0 Å². The molecular weight excluding hydrogens is 194 g/mol. The Morgan fingerprint density at radius 1 is 1.19 bits per heavy atom. The first-order chi connectivity index (χ1) is 7.56. The lowest BCUT2D eigenvalue weighted by molar-refractivity contribution is -0.0304. The molecule has 1 heteroatoms. The molecule has 1 spiro atoms. The van der Waals surface area contributed by atoms with Gasteiger partial charge in [0.25, 0.3) is 0 Å². The summed E-state index contributed by atoms with van der Waals surface area (Å²) >= 11 is 0. The van der Waals surface area contributed by atoms with Crippen molar-refractivity contribution < 1.29 is 0 Å². The van der Waals surface area contributed by atoms with Crippen LogP contribution in [0, 0.1) is 29.1 Å². The van der Waals surface area contributed by atoms with Crippen LogP contribution >= 0.6 is 0 Å². The van der Waals surface area contributed by atoms with Crippen LogP contribution < -0.4 is 5.32 Å². The Balaban J connectivity index is 2.19. The van der Waals surface area contributed by atoms with Crippen molar-refractivity contribution in [3.05, 3.63) is 0 Å². The average molecular weight is 223 g/mol. The van der Waals surface area contributed by atoms with Crippen molar-refractivity contribution in [2.45, 2.75) is 53.4 Å². The van der Waals surface area contributed by atoms with Gasteiger partial charge in [-0.2, -0.15) is 0 Å². The Morgan fingerprint density at radius 2 is 1.94 bits per heavy atom. The normalized spacial score (nSPS) is 45.2. The second kappa shape index (κ2) is 4.68. The van der Waals surface area contributed by atoms with Crippen molar-refractivity contribution in [1.29, 1.82) is 0 Å². The molecule has 4 atom stereocenters. The fourth-order valence-electron chi connectivity index (χ4n) is 4.51. The zero-order valence-electron chi connectivity index (χ0n) is 11.6. The molecule has 4 unspecified atom stereocenters. The smallest absolute Gasteiger partial charge is 0.00126 e. The van der Waals surface area contributed by atoms with Crippen molar-refractivity contribution in [3.63, 3.8) is 0 Å². The van der Waals surface area contributed by atoms with Crippen molar-refractivity contribution in [3.8, 4) is 0 Å². The Bertz CT molecular complexity index is 236. The molecule has 0 aromatic carbocycles. The van der Waals surface area contributed by atoms with Gasteiger partial charge in [-0.25, -0.2) is 0 Å². The zero-order valence-corrected chi connectivity index (χ0v) is 11.6. The largest absolute Gasteiger partial charge is 0.316 e. The standard InChI is InChI=1S/C15H29N/c1-11(2)14-10-16-8-7-15(14)6-5-12(3)9-13(15)4/h11-14,16H,5-10H2,1-4H3. The van der Waals surface area contributed by atoms with Crippen molar-refractivity contribution in [2.75, 3.05) is 13.1 Å². The van der Waals surface area contributed by atoms with Crippen molar-refractivity contribution in [2.24, 2.45) is 29.1 Å². The molecule has 16 heavy (non-hydrogen) atoms. The van der Waals surface area contributed by atoms with Gasteiger partial charge in [-0.15, -0.1) is 0 Å². The molecule has 0 amide bonds. The van der Waals surface area contributed by atoms with Crippen LogP contribution in [-0.4, -0.2) is 13.1 Å². The van der Waals surface area contributed by atoms with Crippen LogP contribution in [0.4, 0.5) is 0 Å². The lowest BCUT2D eigenvalue weighted by Crippen LogP contribution is -2.52. The summed E-state index contributed by atoms with van der Waals surface area (Å²) in [6.45, 7) is 12.3. The Morgan fingerprint density at radius 3 is 2.56 bits per heavy atom. The molecule has 2 fully saturated rings. The molecule has 1 N–H and O–H groups in total. The summed E-state index contributed by atoms with van der Waals surface area (Å²) in [5.74, 6) is 3.64. The first kappa shape index (κ1) is 12.4. The van der Waals surface area contributed by atoms with Gasteiger partial charge in [-0.1, -0.05) is 34.1 Å². The van der Waals surface area contributed by atoms with E-state index in [1.165, 1.54) is 38.8 Å². The molecule has 1 nitrogen and oxygen atoms in total. The minimum absolute atomic E-state index is 0.673. The van der Waals surface area contributed by atoms with Gasteiger partial charge in [0.1, 0.15) is 0 Å². The van der Waals surface area contributed by atoms with Crippen molar-refractivity contribution in [1.82, 2.24) is 5.32 Å². The summed E-state index contributed by atoms with van der Waals surface area (Å²) in [5, 5.41) is 3.62. The van der Waals surface area contributed by atoms with Crippen LogP contribution in [0.25, 0.3) is 0 Å². The monoisotopic (exact) mass is 223 g/mol. The van der Waals surface area contributed by atoms with E-state index in [0.29, 0.717) is 5.41 Å². The molecule has 0 radical (unpaired) electrons. The second-order valence-corrected chi connectivity index (χ2v) is 6.82. The van der Waals surface area contributed by atoms with Gasteiger partial charge in [-0.3, -0.25) is 0 Å². The summed E-state index contributed by atoms with van der Waals surface area (Å²) < 4.78 is 0. The molecule has 2 aliphatic rings. The predicted octanol–water partition coefficient (Wildman–Crippen LogP) is 3.69. The fourth-order valence-corrected chi connectivity index (χ4v) is 4.51. The summed E-state index contributed by atoms with van der Waals surface area (Å²) in [4.78, 5) is 0. The van der Waals surface area contributed by atoms with E-state index in [4.69, 9.17) is 0 Å². The number of piperidine rings is 1. The van der Waals surface area contributed by atoms with Crippen LogP contribution in [-0.2, 0) is 0 Å². The van der Waals surface area contributed by atoms with E-state index in [0.717, 1.165) is 23.7 Å². The van der Waals surface area contributed by atoms with Crippen LogP contribution in [0.3, 0.4) is 0 Å². The summed E-state index contributed by atoms with van der Waals surface area (Å²) in [5.41, 5.74) is 0.673. The molecule has 1 saturated carbocycles. The van der Waals surface area contributed by atoms with Crippen LogP contribution in [0.5, 0.6) is 0 Å². The molecular formula is C15H29N. The maximum atomic E-state index is 3.62. The van der Waals surface area contributed by atoms with E-state index >= 15 is 0 Å². The third-order valence-electron chi connectivity index (χ3n) is 5.51. The highest BCUT2D eigenvalue weighted by Gasteiger charge is 2.47. The van der Waals surface area contributed by atoms with Gasteiger partial charge in [-0.05, 0) is 61.4 Å². The molecule has 1 aliphatic carbocycles. The highest BCUT2D eigenvalue weighted by atomic mass is 14.9. The van der Waals surface area contributed by atoms with Crippen molar-refractivity contribution >= 4 is 0 Å². The van der Waals surface area contributed by atoms with Gasteiger partial charge >= 0.3 is 0 Å². The Labute approximate surface area is 101 Å². The molecule has 1 saturated heterocycles. The van der Waals surface area contributed by atoms with Gasteiger partial charge in [0, 0.05) is 0 Å². The second-order valence-electron chi connectivity index (χ2n) is 6.82. The van der Waals surface area contributed by atoms with Crippen LogP contribution in [0.15, 0.2) is 0 Å². The van der Waals surface area contributed by atoms with E-state index < -0.39 is 0 Å². The van der Waals surface area contributed by atoms with Crippen LogP contribution in [0.1, 0.15) is 53.4 Å². The quantitative estimate of drug-likeness (QED) is 0.715.